The lowest BCUT2D eigenvalue weighted by Crippen LogP contribution is -2.04. The molecule has 0 radical (unpaired) electrons. The predicted molar refractivity (Wildman–Crippen MR) is 74.0 cm³/mol. The number of anilines is 3. The van der Waals surface area contributed by atoms with E-state index in [1.54, 1.807) is 18.2 Å². The van der Waals surface area contributed by atoms with E-state index in [-0.39, 0.29) is 5.82 Å². The number of benzene rings is 1. The maximum Gasteiger partial charge on any atom is 0.204 e. The molecule has 0 atom stereocenters. The van der Waals surface area contributed by atoms with E-state index >= 15 is 0 Å². The Kier molecular flexibility index (Phi) is 3.86. The molecule has 7 nitrogen and oxygen atoms in total. The van der Waals surface area contributed by atoms with Crippen molar-refractivity contribution in [3.05, 3.63) is 30.1 Å². The van der Waals surface area contributed by atoms with Gasteiger partial charge in [-0.25, -0.2) is 9.97 Å². The molecule has 0 saturated carbocycles. The van der Waals surface area contributed by atoms with Gasteiger partial charge in [0.05, 0.1) is 19.8 Å². The molecule has 102 valence electrons. The molecule has 7 heteroatoms. The summed E-state index contributed by atoms with van der Waals surface area (Å²) in [6.45, 7) is 0. The van der Waals surface area contributed by atoms with Crippen molar-refractivity contribution in [2.75, 3.05) is 25.3 Å². The molecule has 0 saturated heterocycles. The molecule has 2 aromatic rings. The average molecular weight is 271 g/mol. The molecule has 1 aromatic carbocycles. The predicted octanol–water partition coefficient (Wildman–Crippen LogP) is 1.69. The van der Waals surface area contributed by atoms with Crippen LogP contribution in [0, 0.1) is 11.3 Å². The lowest BCUT2D eigenvalue weighted by atomic mass is 10.1. The third-order valence-corrected chi connectivity index (χ3v) is 2.65. The van der Waals surface area contributed by atoms with Crippen LogP contribution in [-0.4, -0.2) is 24.2 Å². The quantitative estimate of drug-likeness (QED) is 0.871. The lowest BCUT2D eigenvalue weighted by molar-refractivity contribution is 0.413. The van der Waals surface area contributed by atoms with Gasteiger partial charge >= 0.3 is 0 Å². The molecular formula is C13H13N5O2. The number of aromatic nitrogens is 2. The van der Waals surface area contributed by atoms with Gasteiger partial charge in [0.25, 0.3) is 0 Å². The van der Waals surface area contributed by atoms with Crippen LogP contribution in [0.4, 0.5) is 17.3 Å². The van der Waals surface area contributed by atoms with Gasteiger partial charge in [0.1, 0.15) is 23.8 Å². The summed E-state index contributed by atoms with van der Waals surface area (Å²) < 4.78 is 10.4. The summed E-state index contributed by atoms with van der Waals surface area (Å²) in [6, 6.07) is 7.22. The number of nitriles is 1. The van der Waals surface area contributed by atoms with E-state index < -0.39 is 0 Å². The highest BCUT2D eigenvalue weighted by Crippen LogP contribution is 2.35. The second-order valence-electron chi connectivity index (χ2n) is 3.76. The van der Waals surface area contributed by atoms with Crippen LogP contribution in [-0.2, 0) is 0 Å². The number of nitrogens with two attached hydrogens (primary N) is 1. The van der Waals surface area contributed by atoms with E-state index in [0.29, 0.717) is 28.6 Å². The number of methoxy groups -OCH3 is 2. The summed E-state index contributed by atoms with van der Waals surface area (Å²) in [5.74, 6) is 1.39. The molecule has 0 unspecified atom stereocenters. The van der Waals surface area contributed by atoms with E-state index in [1.165, 1.54) is 20.5 Å². The first kappa shape index (κ1) is 13.4. The molecule has 20 heavy (non-hydrogen) atoms. The molecule has 0 fully saturated rings. The minimum atomic E-state index is 0.207. The van der Waals surface area contributed by atoms with E-state index in [1.807, 2.05) is 0 Å². The topological polar surface area (TPSA) is 106 Å². The summed E-state index contributed by atoms with van der Waals surface area (Å²) in [5, 5.41) is 12.2. The van der Waals surface area contributed by atoms with Gasteiger partial charge in [-0.05, 0) is 12.1 Å². The van der Waals surface area contributed by atoms with Gasteiger partial charge in [-0.3, -0.25) is 0 Å². The zero-order chi connectivity index (χ0) is 14.5. The zero-order valence-corrected chi connectivity index (χ0v) is 11.0. The van der Waals surface area contributed by atoms with Gasteiger partial charge in [-0.1, -0.05) is 6.07 Å². The van der Waals surface area contributed by atoms with Crippen LogP contribution in [0.25, 0.3) is 0 Å². The molecule has 1 aromatic heterocycles. The number of hydrogen-bond donors (Lipinski definition) is 2. The summed E-state index contributed by atoms with van der Waals surface area (Å²) in [6.07, 6.45) is 1.31. The minimum absolute atomic E-state index is 0.207. The number of rotatable bonds is 4. The molecule has 1 heterocycles. The molecule has 0 aliphatic heterocycles. The van der Waals surface area contributed by atoms with Gasteiger partial charge < -0.3 is 20.5 Å². The normalized spacial score (nSPS) is 9.65. The molecular weight excluding hydrogens is 258 g/mol. The molecule has 0 bridgehead atoms. The summed E-state index contributed by atoms with van der Waals surface area (Å²) in [7, 11) is 2.99. The maximum absolute atomic E-state index is 9.16. The van der Waals surface area contributed by atoms with Gasteiger partial charge in [-0.15, -0.1) is 0 Å². The Labute approximate surface area is 116 Å². The molecule has 0 aliphatic rings. The monoisotopic (exact) mass is 271 g/mol. The third-order valence-electron chi connectivity index (χ3n) is 2.65. The van der Waals surface area contributed by atoms with Crippen LogP contribution in [0.5, 0.6) is 11.5 Å². The SMILES string of the molecule is COc1cccc(C#N)c1Nc1ncnc(N)c1OC. The number of para-hydroxylation sites is 1. The van der Waals surface area contributed by atoms with Gasteiger partial charge in [0, 0.05) is 0 Å². The molecule has 0 amide bonds. The fraction of sp³-hybridized carbons (Fsp3) is 0.154. The number of nitrogen functional groups attached to an aromatic ring is 1. The minimum Gasteiger partial charge on any atom is -0.495 e. The van der Waals surface area contributed by atoms with E-state index in [4.69, 9.17) is 20.5 Å². The Morgan fingerprint density at radius 1 is 1.25 bits per heavy atom. The first-order valence-electron chi connectivity index (χ1n) is 5.69. The van der Waals surface area contributed by atoms with Crippen molar-refractivity contribution in [3.63, 3.8) is 0 Å². The fourth-order valence-corrected chi connectivity index (χ4v) is 1.72. The van der Waals surface area contributed by atoms with Crippen molar-refractivity contribution in [3.8, 4) is 17.6 Å². The smallest absolute Gasteiger partial charge is 0.204 e. The van der Waals surface area contributed by atoms with Crippen molar-refractivity contribution < 1.29 is 9.47 Å². The second kappa shape index (κ2) is 5.75. The van der Waals surface area contributed by atoms with Crippen LogP contribution < -0.4 is 20.5 Å². The summed E-state index contributed by atoms with van der Waals surface area (Å²) >= 11 is 0. The van der Waals surface area contributed by atoms with Crippen molar-refractivity contribution in [2.24, 2.45) is 0 Å². The van der Waals surface area contributed by atoms with Crippen LogP contribution in [0.2, 0.25) is 0 Å². The van der Waals surface area contributed by atoms with E-state index in [0.717, 1.165) is 0 Å². The molecule has 0 aliphatic carbocycles. The summed E-state index contributed by atoms with van der Waals surface area (Å²) in [5.41, 5.74) is 6.63. The second-order valence-corrected chi connectivity index (χ2v) is 3.76. The number of hydrogen-bond acceptors (Lipinski definition) is 7. The number of ether oxygens (including phenoxy) is 2. The van der Waals surface area contributed by atoms with E-state index in [2.05, 4.69) is 21.4 Å². The zero-order valence-electron chi connectivity index (χ0n) is 11.0. The number of nitrogens with one attached hydrogen (secondary N) is 1. The lowest BCUT2D eigenvalue weighted by Gasteiger charge is -2.14. The highest BCUT2D eigenvalue weighted by Gasteiger charge is 2.14. The highest BCUT2D eigenvalue weighted by atomic mass is 16.5. The van der Waals surface area contributed by atoms with Crippen LogP contribution in [0.1, 0.15) is 5.56 Å². The summed E-state index contributed by atoms with van der Waals surface area (Å²) in [4.78, 5) is 7.91. The van der Waals surface area contributed by atoms with Gasteiger partial charge in [0.2, 0.25) is 5.75 Å². The Morgan fingerprint density at radius 3 is 2.70 bits per heavy atom. The van der Waals surface area contributed by atoms with Crippen LogP contribution >= 0.6 is 0 Å². The Morgan fingerprint density at radius 2 is 2.05 bits per heavy atom. The highest BCUT2D eigenvalue weighted by molar-refractivity contribution is 5.75. The fourth-order valence-electron chi connectivity index (χ4n) is 1.72. The Bertz CT molecular complexity index is 666. The molecule has 2 rings (SSSR count). The van der Waals surface area contributed by atoms with Crippen LogP contribution in [0.3, 0.4) is 0 Å². The average Bonchev–Trinajstić information content (AvgIpc) is 2.47. The molecule has 3 N–H and O–H groups in total. The van der Waals surface area contributed by atoms with Crippen molar-refractivity contribution in [1.29, 1.82) is 5.26 Å². The Hall–Kier alpha value is -3.01. The van der Waals surface area contributed by atoms with Crippen LogP contribution in [0.15, 0.2) is 24.5 Å². The standard InChI is InChI=1S/C13H13N5O2/c1-19-9-5-3-4-8(6-14)10(9)18-13-11(20-2)12(15)16-7-17-13/h3-5,7H,1-2H3,(H3,15,16,17,18). The Balaban J connectivity index is 2.50. The van der Waals surface area contributed by atoms with Gasteiger partial charge in [0.15, 0.2) is 11.6 Å². The largest absolute Gasteiger partial charge is 0.495 e. The molecule has 0 spiro atoms. The van der Waals surface area contributed by atoms with Crippen molar-refractivity contribution >= 4 is 17.3 Å². The van der Waals surface area contributed by atoms with Crippen molar-refractivity contribution in [2.45, 2.75) is 0 Å². The third kappa shape index (κ3) is 2.40. The van der Waals surface area contributed by atoms with E-state index in [9.17, 15) is 0 Å². The van der Waals surface area contributed by atoms with Gasteiger partial charge in [-0.2, -0.15) is 5.26 Å². The first-order chi connectivity index (χ1) is 9.71. The maximum atomic E-state index is 9.16. The number of nitrogens with zero attached hydrogens (tertiary/aromatic N) is 3. The van der Waals surface area contributed by atoms with Crippen molar-refractivity contribution in [1.82, 2.24) is 9.97 Å². The first-order valence-corrected chi connectivity index (χ1v) is 5.69.